The van der Waals surface area contributed by atoms with Gasteiger partial charge in [0.2, 0.25) is 5.91 Å². The van der Waals surface area contributed by atoms with Crippen LogP contribution in [0.3, 0.4) is 0 Å². The normalized spacial score (nSPS) is 13.7. The summed E-state index contributed by atoms with van der Waals surface area (Å²) in [4.78, 5) is 38.3. The average Bonchev–Trinajstić information content (AvgIpc) is 3.29. The van der Waals surface area contributed by atoms with E-state index in [-0.39, 0.29) is 28.9 Å². The zero-order valence-electron chi connectivity index (χ0n) is 20.3. The number of benzene rings is 1. The number of piperazine rings is 1. The Hall–Kier alpha value is -4.74. The smallest absolute Gasteiger partial charge is 0.324 e. The molecule has 0 unspecified atom stereocenters. The predicted octanol–water partition coefficient (Wildman–Crippen LogP) is 2.29. The lowest BCUT2D eigenvalue weighted by Gasteiger charge is -2.35. The Morgan fingerprint density at radius 1 is 1.22 bits per heavy atom. The number of anilines is 1. The monoisotopic (exact) mass is 505 g/mol. The molecule has 0 aliphatic carbocycles. The second-order valence-electron chi connectivity index (χ2n) is 8.59. The van der Waals surface area contributed by atoms with E-state index >= 15 is 0 Å². The van der Waals surface area contributed by atoms with E-state index in [0.29, 0.717) is 48.8 Å². The molecule has 12 heteroatoms. The maximum atomic E-state index is 14.7. The summed E-state index contributed by atoms with van der Waals surface area (Å²) in [6.45, 7) is 6.96. The minimum absolute atomic E-state index is 0.0123. The number of fused-ring (bicyclic) bond motifs is 1. The van der Waals surface area contributed by atoms with Crippen molar-refractivity contribution in [1.29, 1.82) is 0 Å². The number of phenols is 1. The third kappa shape index (κ3) is 4.37. The van der Waals surface area contributed by atoms with Gasteiger partial charge in [0.15, 0.2) is 11.6 Å². The quantitative estimate of drug-likeness (QED) is 0.411. The zero-order chi connectivity index (χ0) is 26.3. The largest absolute Gasteiger partial charge is 0.506 e. The number of hydrogen-bond acceptors (Lipinski definition) is 8. The lowest BCUT2D eigenvalue weighted by Crippen LogP contribution is -2.48. The van der Waals surface area contributed by atoms with Crippen LogP contribution in [0.2, 0.25) is 0 Å². The van der Waals surface area contributed by atoms with Crippen LogP contribution < -0.4 is 15.2 Å². The SMILES string of the molecule is C=CC(=O)N1CCN(c2nc(Oc3cnn(C)c3)nc3c(=O)n(-c4c(O)cccc4F)c(C)cc23)CC1. The molecule has 0 bridgehead atoms. The fourth-order valence-corrected chi connectivity index (χ4v) is 4.39. The molecule has 1 N–H and O–H groups in total. The zero-order valence-corrected chi connectivity index (χ0v) is 20.3. The van der Waals surface area contributed by atoms with Gasteiger partial charge in [0, 0.05) is 38.9 Å². The predicted molar refractivity (Wildman–Crippen MR) is 134 cm³/mol. The molecule has 1 amide bonds. The minimum Gasteiger partial charge on any atom is -0.506 e. The summed E-state index contributed by atoms with van der Waals surface area (Å²) in [6.07, 6.45) is 4.38. The van der Waals surface area contributed by atoms with Crippen LogP contribution in [-0.2, 0) is 11.8 Å². The second kappa shape index (κ2) is 9.37. The van der Waals surface area contributed by atoms with Gasteiger partial charge in [0.05, 0.1) is 17.8 Å². The van der Waals surface area contributed by atoms with Crippen molar-refractivity contribution in [3.8, 4) is 23.2 Å². The highest BCUT2D eigenvalue weighted by molar-refractivity contribution is 5.91. The fraction of sp³-hybridized carbons (Fsp3) is 0.240. The van der Waals surface area contributed by atoms with E-state index in [0.717, 1.165) is 10.6 Å². The van der Waals surface area contributed by atoms with Crippen LogP contribution in [0.25, 0.3) is 16.6 Å². The molecule has 5 rings (SSSR count). The molecule has 1 fully saturated rings. The van der Waals surface area contributed by atoms with E-state index in [2.05, 4.69) is 21.6 Å². The van der Waals surface area contributed by atoms with Crippen LogP contribution in [-0.4, -0.2) is 66.4 Å². The van der Waals surface area contributed by atoms with E-state index in [9.17, 15) is 19.1 Å². The number of carbonyl (C=O) groups excluding carboxylic acids is 1. The number of halogens is 1. The van der Waals surface area contributed by atoms with Crippen molar-refractivity contribution in [2.45, 2.75) is 6.92 Å². The standard InChI is InChI=1S/C25H24FN7O4/c1-4-20(35)31-8-10-32(11-9-31)23-17-12-15(2)33(22-18(26)6-5-7-19(22)34)24(36)21(17)28-25(29-23)37-16-13-27-30(3)14-16/h4-7,12-14,34H,1,8-11H2,2-3H3. The molecule has 4 heterocycles. The number of phenolic OH excluding ortho intramolecular Hbond substituents is 1. The van der Waals surface area contributed by atoms with Crippen LogP contribution >= 0.6 is 0 Å². The van der Waals surface area contributed by atoms with Gasteiger partial charge in [-0.1, -0.05) is 12.6 Å². The molecule has 4 aromatic rings. The minimum atomic E-state index is -0.756. The summed E-state index contributed by atoms with van der Waals surface area (Å²) in [5.41, 5.74) is -0.542. The molecule has 37 heavy (non-hydrogen) atoms. The Morgan fingerprint density at radius 2 is 1.97 bits per heavy atom. The van der Waals surface area contributed by atoms with Gasteiger partial charge >= 0.3 is 6.01 Å². The maximum Gasteiger partial charge on any atom is 0.324 e. The molecule has 0 spiro atoms. The lowest BCUT2D eigenvalue weighted by atomic mass is 10.2. The van der Waals surface area contributed by atoms with Crippen molar-refractivity contribution in [3.05, 3.63) is 71.2 Å². The molecule has 1 saturated heterocycles. The van der Waals surface area contributed by atoms with E-state index in [1.807, 2.05) is 4.90 Å². The van der Waals surface area contributed by atoms with E-state index in [1.165, 1.54) is 24.4 Å². The van der Waals surface area contributed by atoms with E-state index in [4.69, 9.17) is 4.74 Å². The average molecular weight is 506 g/mol. The second-order valence-corrected chi connectivity index (χ2v) is 8.59. The highest BCUT2D eigenvalue weighted by Crippen LogP contribution is 2.31. The molecule has 11 nitrogen and oxygen atoms in total. The Labute approximate surface area is 210 Å². The van der Waals surface area contributed by atoms with E-state index in [1.54, 1.807) is 35.8 Å². The summed E-state index contributed by atoms with van der Waals surface area (Å²) < 4.78 is 23.2. The van der Waals surface area contributed by atoms with Gasteiger partial charge in [-0.2, -0.15) is 15.1 Å². The maximum absolute atomic E-state index is 14.7. The van der Waals surface area contributed by atoms with Crippen LogP contribution in [0.1, 0.15) is 5.69 Å². The lowest BCUT2D eigenvalue weighted by molar-refractivity contribution is -0.126. The van der Waals surface area contributed by atoms with Gasteiger partial charge < -0.3 is 19.6 Å². The molecule has 0 atom stereocenters. The number of hydrogen-bond donors (Lipinski definition) is 1. The van der Waals surface area contributed by atoms with Gasteiger partial charge in [-0.05, 0) is 31.2 Å². The summed E-state index contributed by atoms with van der Waals surface area (Å²) in [6, 6.07) is 5.41. The molecule has 0 saturated carbocycles. The van der Waals surface area contributed by atoms with Crippen molar-refractivity contribution in [2.24, 2.45) is 7.05 Å². The molecule has 1 aliphatic rings. The first kappa shape index (κ1) is 24.0. The summed E-state index contributed by atoms with van der Waals surface area (Å²) in [5, 5.41) is 14.9. The van der Waals surface area contributed by atoms with E-state index < -0.39 is 11.4 Å². The topological polar surface area (TPSA) is 119 Å². The number of para-hydroxylation sites is 1. The number of rotatable bonds is 5. The first-order chi connectivity index (χ1) is 17.8. The number of ether oxygens (including phenoxy) is 1. The Morgan fingerprint density at radius 3 is 2.62 bits per heavy atom. The van der Waals surface area contributed by atoms with Crippen LogP contribution in [0.15, 0.2) is 54.1 Å². The number of nitrogens with zero attached hydrogens (tertiary/aromatic N) is 7. The first-order valence-electron chi connectivity index (χ1n) is 11.5. The fourth-order valence-electron chi connectivity index (χ4n) is 4.39. The van der Waals surface area contributed by atoms with Gasteiger partial charge in [-0.25, -0.2) is 4.39 Å². The van der Waals surface area contributed by atoms with Gasteiger partial charge in [0.25, 0.3) is 5.56 Å². The summed E-state index contributed by atoms with van der Waals surface area (Å²) in [5.74, 6) is -0.480. The third-order valence-corrected chi connectivity index (χ3v) is 6.16. The third-order valence-electron chi connectivity index (χ3n) is 6.16. The molecule has 0 radical (unpaired) electrons. The van der Waals surface area contributed by atoms with Crippen LogP contribution in [0.4, 0.5) is 10.2 Å². The molecular formula is C25H24FN7O4. The number of aromatic nitrogens is 5. The van der Waals surface area contributed by atoms with Gasteiger partial charge in [0.1, 0.15) is 22.8 Å². The molecule has 1 aliphatic heterocycles. The highest BCUT2D eigenvalue weighted by Gasteiger charge is 2.26. The Balaban J connectivity index is 1.68. The van der Waals surface area contributed by atoms with Crippen molar-refractivity contribution in [2.75, 3.05) is 31.1 Å². The van der Waals surface area contributed by atoms with Crippen molar-refractivity contribution < 1.29 is 19.0 Å². The number of pyridine rings is 1. The molecule has 190 valence electrons. The molecular weight excluding hydrogens is 481 g/mol. The number of aromatic hydroxyl groups is 1. The van der Waals surface area contributed by atoms with Crippen LogP contribution in [0, 0.1) is 12.7 Å². The number of aryl methyl sites for hydroxylation is 2. The first-order valence-corrected chi connectivity index (χ1v) is 11.5. The van der Waals surface area contributed by atoms with Crippen molar-refractivity contribution >= 4 is 22.6 Å². The number of carbonyl (C=O) groups is 1. The Kier molecular flexibility index (Phi) is 6.07. The van der Waals surface area contributed by atoms with Gasteiger partial charge in [-0.15, -0.1) is 0 Å². The number of amides is 1. The highest BCUT2D eigenvalue weighted by atomic mass is 19.1. The molecule has 1 aromatic carbocycles. The molecule has 3 aromatic heterocycles. The summed E-state index contributed by atoms with van der Waals surface area (Å²) in [7, 11) is 1.73. The summed E-state index contributed by atoms with van der Waals surface area (Å²) >= 11 is 0. The Bertz CT molecular complexity index is 1570. The van der Waals surface area contributed by atoms with Crippen molar-refractivity contribution in [3.63, 3.8) is 0 Å². The van der Waals surface area contributed by atoms with Gasteiger partial charge in [-0.3, -0.25) is 18.8 Å². The van der Waals surface area contributed by atoms with Crippen LogP contribution in [0.5, 0.6) is 17.5 Å². The van der Waals surface area contributed by atoms with Crippen molar-refractivity contribution in [1.82, 2.24) is 29.2 Å².